The van der Waals surface area contributed by atoms with Crippen LogP contribution in [0.5, 0.6) is 5.75 Å². The summed E-state index contributed by atoms with van der Waals surface area (Å²) in [6.07, 6.45) is 3.60. The van der Waals surface area contributed by atoms with E-state index in [9.17, 15) is 0 Å². The number of hydrogen-bond donors (Lipinski definition) is 1. The van der Waals surface area contributed by atoms with Crippen molar-refractivity contribution >= 4 is 5.95 Å². The van der Waals surface area contributed by atoms with Gasteiger partial charge in [-0.05, 0) is 37.6 Å². The number of ether oxygens (including phenoxy) is 1. The normalized spacial score (nSPS) is 11.8. The lowest BCUT2D eigenvalue weighted by molar-refractivity contribution is 0.408. The summed E-state index contributed by atoms with van der Waals surface area (Å²) < 4.78 is 5.52. The molecule has 122 valence electrons. The number of pyridine rings is 1. The van der Waals surface area contributed by atoms with Crippen LogP contribution in [0.15, 0.2) is 54.9 Å². The molecule has 0 unspecified atom stereocenters. The van der Waals surface area contributed by atoms with Gasteiger partial charge in [0.2, 0.25) is 5.95 Å². The monoisotopic (exact) mass is 320 g/mol. The molecule has 1 aromatic carbocycles. The number of rotatable bonds is 5. The van der Waals surface area contributed by atoms with Crippen LogP contribution < -0.4 is 10.1 Å². The van der Waals surface area contributed by atoms with Crippen LogP contribution in [0, 0.1) is 13.8 Å². The Morgan fingerprint density at radius 1 is 1.00 bits per heavy atom. The van der Waals surface area contributed by atoms with E-state index in [4.69, 9.17) is 4.74 Å². The van der Waals surface area contributed by atoms with Gasteiger partial charge in [-0.3, -0.25) is 4.98 Å². The van der Waals surface area contributed by atoms with Crippen molar-refractivity contribution in [2.75, 3.05) is 12.4 Å². The molecule has 0 bridgehead atoms. The van der Waals surface area contributed by atoms with Crippen molar-refractivity contribution in [3.05, 3.63) is 77.4 Å². The molecule has 2 aromatic heterocycles. The van der Waals surface area contributed by atoms with Crippen LogP contribution in [-0.2, 0) is 0 Å². The number of methoxy groups -OCH3 is 1. The highest BCUT2D eigenvalue weighted by atomic mass is 16.5. The number of hydrogen-bond acceptors (Lipinski definition) is 5. The molecule has 0 aliphatic heterocycles. The highest BCUT2D eigenvalue weighted by molar-refractivity contribution is 5.45. The van der Waals surface area contributed by atoms with Crippen LogP contribution >= 0.6 is 0 Å². The van der Waals surface area contributed by atoms with Crippen LogP contribution in [0.1, 0.15) is 28.6 Å². The molecule has 0 radical (unpaired) electrons. The van der Waals surface area contributed by atoms with Gasteiger partial charge in [0.15, 0.2) is 0 Å². The number of aryl methyl sites for hydroxylation is 2. The summed E-state index contributed by atoms with van der Waals surface area (Å²) >= 11 is 0. The molecule has 3 rings (SSSR count). The molecule has 2 heterocycles. The molecule has 0 spiro atoms. The summed E-state index contributed by atoms with van der Waals surface area (Å²) in [5.74, 6) is 1.36. The molecule has 1 atom stereocenters. The lowest BCUT2D eigenvalue weighted by atomic mass is 10.0. The lowest BCUT2D eigenvalue weighted by Gasteiger charge is -2.21. The first-order valence-corrected chi connectivity index (χ1v) is 7.79. The predicted octanol–water partition coefficient (Wildman–Crippen LogP) is 3.70. The maximum Gasteiger partial charge on any atom is 0.223 e. The minimum absolute atomic E-state index is 0.204. The fourth-order valence-corrected chi connectivity index (χ4v) is 2.49. The summed E-state index contributed by atoms with van der Waals surface area (Å²) in [7, 11) is 1.67. The summed E-state index contributed by atoms with van der Waals surface area (Å²) in [5.41, 5.74) is 3.88. The standard InChI is InChI=1S/C19H20N4O/c1-13-12-21-19(22-14(13)2)23-18(16-9-6-7-11-20-16)15-8-4-5-10-17(15)24-3/h4-12,18H,1-3H3,(H,21,22,23)/t18-/m1/s1. The van der Waals surface area contributed by atoms with E-state index < -0.39 is 0 Å². The van der Waals surface area contributed by atoms with E-state index in [0.29, 0.717) is 5.95 Å². The first-order valence-electron chi connectivity index (χ1n) is 7.79. The third kappa shape index (κ3) is 3.35. The first-order chi connectivity index (χ1) is 11.7. The largest absolute Gasteiger partial charge is 0.496 e. The number of nitrogens with one attached hydrogen (secondary N) is 1. The van der Waals surface area contributed by atoms with E-state index in [2.05, 4.69) is 20.3 Å². The average molecular weight is 320 g/mol. The van der Waals surface area contributed by atoms with Crippen LogP contribution in [0.3, 0.4) is 0 Å². The van der Waals surface area contributed by atoms with Gasteiger partial charge in [0, 0.05) is 23.7 Å². The van der Waals surface area contributed by atoms with Crippen molar-refractivity contribution in [2.45, 2.75) is 19.9 Å². The number of aromatic nitrogens is 3. The minimum Gasteiger partial charge on any atom is -0.496 e. The van der Waals surface area contributed by atoms with Crippen LogP contribution in [0.2, 0.25) is 0 Å². The minimum atomic E-state index is -0.204. The number of benzene rings is 1. The first kappa shape index (κ1) is 15.9. The van der Waals surface area contributed by atoms with Gasteiger partial charge in [0.1, 0.15) is 11.8 Å². The zero-order chi connectivity index (χ0) is 16.9. The van der Waals surface area contributed by atoms with Gasteiger partial charge in [0.05, 0.1) is 12.8 Å². The summed E-state index contributed by atoms with van der Waals surface area (Å²) in [6, 6.07) is 13.5. The van der Waals surface area contributed by atoms with E-state index in [-0.39, 0.29) is 6.04 Å². The Balaban J connectivity index is 2.04. The molecule has 0 aliphatic rings. The van der Waals surface area contributed by atoms with Gasteiger partial charge in [-0.15, -0.1) is 0 Å². The maximum atomic E-state index is 5.52. The third-order valence-corrected chi connectivity index (χ3v) is 3.93. The average Bonchev–Trinajstić information content (AvgIpc) is 2.63. The topological polar surface area (TPSA) is 59.9 Å². The van der Waals surface area contributed by atoms with Crippen molar-refractivity contribution in [3.63, 3.8) is 0 Å². The molecule has 5 nitrogen and oxygen atoms in total. The summed E-state index contributed by atoms with van der Waals surface area (Å²) in [5, 5.41) is 3.39. The second kappa shape index (κ2) is 7.08. The Morgan fingerprint density at radius 3 is 2.50 bits per heavy atom. The SMILES string of the molecule is COc1ccccc1[C@@H](Nc1ncc(C)c(C)n1)c1ccccn1. The van der Waals surface area contributed by atoms with Gasteiger partial charge in [0.25, 0.3) is 0 Å². The molecule has 0 fully saturated rings. The Kier molecular flexibility index (Phi) is 4.70. The third-order valence-electron chi connectivity index (χ3n) is 3.93. The highest BCUT2D eigenvalue weighted by Gasteiger charge is 2.20. The molecule has 0 amide bonds. The molecule has 1 N–H and O–H groups in total. The van der Waals surface area contributed by atoms with Gasteiger partial charge in [-0.25, -0.2) is 9.97 Å². The Hall–Kier alpha value is -2.95. The quantitative estimate of drug-likeness (QED) is 0.777. The van der Waals surface area contributed by atoms with E-state index in [1.807, 2.05) is 62.5 Å². The van der Waals surface area contributed by atoms with Crippen molar-refractivity contribution < 1.29 is 4.74 Å². The van der Waals surface area contributed by atoms with Gasteiger partial charge >= 0.3 is 0 Å². The second-order valence-electron chi connectivity index (χ2n) is 5.54. The molecule has 0 aliphatic carbocycles. The molecular formula is C19H20N4O. The van der Waals surface area contributed by atoms with Crippen molar-refractivity contribution in [1.29, 1.82) is 0 Å². The Labute approximate surface area is 141 Å². The number of anilines is 1. The predicted molar refractivity (Wildman–Crippen MR) is 94.2 cm³/mol. The van der Waals surface area contributed by atoms with E-state index >= 15 is 0 Å². The zero-order valence-corrected chi connectivity index (χ0v) is 14.0. The van der Waals surface area contributed by atoms with Gasteiger partial charge in [-0.2, -0.15) is 0 Å². The smallest absolute Gasteiger partial charge is 0.223 e. The number of para-hydroxylation sites is 1. The lowest BCUT2D eigenvalue weighted by Crippen LogP contribution is -2.17. The van der Waals surface area contributed by atoms with Crippen LogP contribution in [-0.4, -0.2) is 22.1 Å². The summed E-state index contributed by atoms with van der Waals surface area (Å²) in [4.78, 5) is 13.4. The van der Waals surface area contributed by atoms with Crippen molar-refractivity contribution in [2.24, 2.45) is 0 Å². The fourth-order valence-electron chi connectivity index (χ4n) is 2.49. The summed E-state index contributed by atoms with van der Waals surface area (Å²) in [6.45, 7) is 3.97. The zero-order valence-electron chi connectivity index (χ0n) is 14.0. The van der Waals surface area contributed by atoms with Gasteiger partial charge in [-0.1, -0.05) is 24.3 Å². The maximum absolute atomic E-state index is 5.52. The van der Waals surface area contributed by atoms with E-state index in [0.717, 1.165) is 28.3 Å². The van der Waals surface area contributed by atoms with E-state index in [1.54, 1.807) is 13.3 Å². The van der Waals surface area contributed by atoms with Crippen molar-refractivity contribution in [3.8, 4) is 5.75 Å². The van der Waals surface area contributed by atoms with Gasteiger partial charge < -0.3 is 10.1 Å². The van der Waals surface area contributed by atoms with Crippen LogP contribution in [0.4, 0.5) is 5.95 Å². The highest BCUT2D eigenvalue weighted by Crippen LogP contribution is 2.31. The van der Waals surface area contributed by atoms with Crippen molar-refractivity contribution in [1.82, 2.24) is 15.0 Å². The Bertz CT molecular complexity index is 821. The molecule has 0 saturated carbocycles. The molecule has 3 aromatic rings. The second-order valence-corrected chi connectivity index (χ2v) is 5.54. The van der Waals surface area contributed by atoms with Crippen LogP contribution in [0.25, 0.3) is 0 Å². The Morgan fingerprint density at radius 2 is 1.79 bits per heavy atom. The fraction of sp³-hybridized carbons (Fsp3) is 0.211. The van der Waals surface area contributed by atoms with E-state index in [1.165, 1.54) is 0 Å². The molecule has 24 heavy (non-hydrogen) atoms. The molecule has 5 heteroatoms. The number of nitrogens with zero attached hydrogens (tertiary/aromatic N) is 3. The molecule has 0 saturated heterocycles. The molecular weight excluding hydrogens is 300 g/mol.